The molecule has 0 fully saturated rings. The van der Waals surface area contributed by atoms with Crippen LogP contribution in [0.2, 0.25) is 0 Å². The van der Waals surface area contributed by atoms with Crippen LogP contribution in [0.1, 0.15) is 62.3 Å². The summed E-state index contributed by atoms with van der Waals surface area (Å²) in [4.78, 5) is 18.9. The SMILES string of the molecule is CCCc1nc(CC)n(-c2ccc(OCC(C)(C)O)cc2)c(=O)c1Cc1ccc(-c2ccccc2C#N)cc1. The molecule has 0 bridgehead atoms. The quantitative estimate of drug-likeness (QED) is 0.275. The molecule has 0 aliphatic carbocycles. The molecule has 1 heterocycles. The Morgan fingerprint density at radius 3 is 2.31 bits per heavy atom. The molecule has 0 aliphatic heterocycles. The molecule has 0 radical (unpaired) electrons. The van der Waals surface area contributed by atoms with Gasteiger partial charge >= 0.3 is 0 Å². The smallest absolute Gasteiger partial charge is 0.261 e. The van der Waals surface area contributed by atoms with E-state index in [0.717, 1.165) is 46.7 Å². The highest BCUT2D eigenvalue weighted by molar-refractivity contribution is 5.70. The molecular formula is C33H35N3O3. The molecule has 0 saturated heterocycles. The summed E-state index contributed by atoms with van der Waals surface area (Å²) in [6, 6.07) is 25.2. The Hall–Kier alpha value is -4.21. The van der Waals surface area contributed by atoms with Crippen LogP contribution in [0.15, 0.2) is 77.6 Å². The van der Waals surface area contributed by atoms with Gasteiger partial charge in [0.2, 0.25) is 0 Å². The minimum Gasteiger partial charge on any atom is -0.491 e. The van der Waals surface area contributed by atoms with Gasteiger partial charge in [-0.1, -0.05) is 62.7 Å². The molecule has 4 rings (SSSR count). The number of aliphatic hydroxyl groups is 1. The summed E-state index contributed by atoms with van der Waals surface area (Å²) in [5, 5.41) is 19.4. The van der Waals surface area contributed by atoms with Crippen molar-refractivity contribution in [2.24, 2.45) is 0 Å². The molecule has 0 unspecified atom stereocenters. The highest BCUT2D eigenvalue weighted by atomic mass is 16.5. The number of ether oxygens (including phenoxy) is 1. The van der Waals surface area contributed by atoms with E-state index >= 15 is 0 Å². The average molecular weight is 522 g/mol. The molecule has 1 N–H and O–H groups in total. The van der Waals surface area contributed by atoms with E-state index in [1.165, 1.54) is 0 Å². The maximum Gasteiger partial charge on any atom is 0.261 e. The summed E-state index contributed by atoms with van der Waals surface area (Å²) in [6.07, 6.45) is 2.72. The van der Waals surface area contributed by atoms with Crippen molar-refractivity contribution < 1.29 is 9.84 Å². The van der Waals surface area contributed by atoms with E-state index in [9.17, 15) is 15.2 Å². The Morgan fingerprint density at radius 2 is 1.69 bits per heavy atom. The molecule has 39 heavy (non-hydrogen) atoms. The Balaban J connectivity index is 1.69. The second kappa shape index (κ2) is 12.1. The fourth-order valence-electron chi connectivity index (χ4n) is 4.56. The number of hydrogen-bond donors (Lipinski definition) is 1. The number of benzene rings is 3. The molecule has 6 nitrogen and oxygen atoms in total. The second-order valence-electron chi connectivity index (χ2n) is 10.3. The molecule has 3 aromatic carbocycles. The first-order chi connectivity index (χ1) is 18.7. The Labute approximate surface area is 230 Å². The molecular weight excluding hydrogens is 486 g/mol. The van der Waals surface area contributed by atoms with E-state index in [-0.39, 0.29) is 12.2 Å². The Bertz CT molecular complexity index is 1520. The van der Waals surface area contributed by atoms with Gasteiger partial charge in [0.05, 0.1) is 28.6 Å². The Morgan fingerprint density at radius 1 is 1.00 bits per heavy atom. The lowest BCUT2D eigenvalue weighted by molar-refractivity contribution is 0.0285. The van der Waals surface area contributed by atoms with Gasteiger partial charge in [-0.3, -0.25) is 9.36 Å². The predicted octanol–water partition coefficient (Wildman–Crippen LogP) is 6.03. The lowest BCUT2D eigenvalue weighted by Gasteiger charge is -2.19. The molecule has 0 spiro atoms. The van der Waals surface area contributed by atoms with Gasteiger partial charge < -0.3 is 9.84 Å². The monoisotopic (exact) mass is 521 g/mol. The van der Waals surface area contributed by atoms with Crippen molar-refractivity contribution in [2.75, 3.05) is 6.61 Å². The van der Waals surface area contributed by atoms with Crippen LogP contribution in [-0.4, -0.2) is 26.9 Å². The number of aryl methyl sites for hydroxylation is 2. The van der Waals surface area contributed by atoms with E-state index in [0.29, 0.717) is 29.7 Å². The van der Waals surface area contributed by atoms with Crippen molar-refractivity contribution in [1.29, 1.82) is 5.26 Å². The lowest BCUT2D eigenvalue weighted by Crippen LogP contribution is -2.29. The summed E-state index contributed by atoms with van der Waals surface area (Å²) in [7, 11) is 0. The van der Waals surface area contributed by atoms with Crippen LogP contribution in [-0.2, 0) is 19.3 Å². The van der Waals surface area contributed by atoms with Gasteiger partial charge in [-0.2, -0.15) is 5.26 Å². The second-order valence-corrected chi connectivity index (χ2v) is 10.3. The number of aromatic nitrogens is 2. The lowest BCUT2D eigenvalue weighted by atomic mass is 9.97. The first-order valence-electron chi connectivity index (χ1n) is 13.4. The van der Waals surface area contributed by atoms with Crippen LogP contribution in [0, 0.1) is 11.3 Å². The molecule has 1 aromatic heterocycles. The normalized spacial score (nSPS) is 11.3. The van der Waals surface area contributed by atoms with Crippen molar-refractivity contribution in [3.8, 4) is 28.6 Å². The van der Waals surface area contributed by atoms with Gasteiger partial charge in [-0.05, 0) is 67.3 Å². The highest BCUT2D eigenvalue weighted by Crippen LogP contribution is 2.25. The van der Waals surface area contributed by atoms with E-state index in [4.69, 9.17) is 9.72 Å². The van der Waals surface area contributed by atoms with Crippen LogP contribution >= 0.6 is 0 Å². The van der Waals surface area contributed by atoms with Gasteiger partial charge in [0.15, 0.2) is 0 Å². The van der Waals surface area contributed by atoms with Gasteiger partial charge in [0.25, 0.3) is 5.56 Å². The van der Waals surface area contributed by atoms with Gasteiger partial charge in [0, 0.05) is 18.4 Å². The number of nitrogens with zero attached hydrogens (tertiary/aromatic N) is 3. The third-order valence-corrected chi connectivity index (χ3v) is 6.52. The van der Waals surface area contributed by atoms with Crippen molar-refractivity contribution in [1.82, 2.24) is 9.55 Å². The molecule has 4 aromatic rings. The van der Waals surface area contributed by atoms with E-state index in [1.807, 2.05) is 79.7 Å². The van der Waals surface area contributed by atoms with Crippen LogP contribution in [0.25, 0.3) is 16.8 Å². The van der Waals surface area contributed by atoms with Crippen molar-refractivity contribution in [3.63, 3.8) is 0 Å². The zero-order valence-corrected chi connectivity index (χ0v) is 23.1. The average Bonchev–Trinajstić information content (AvgIpc) is 2.94. The summed E-state index contributed by atoms with van der Waals surface area (Å²) in [6.45, 7) is 7.66. The summed E-state index contributed by atoms with van der Waals surface area (Å²) >= 11 is 0. The fourth-order valence-corrected chi connectivity index (χ4v) is 4.56. The van der Waals surface area contributed by atoms with E-state index in [1.54, 1.807) is 18.4 Å². The first-order valence-corrected chi connectivity index (χ1v) is 13.4. The molecule has 0 aliphatic rings. The van der Waals surface area contributed by atoms with Gasteiger partial charge in [-0.25, -0.2) is 4.98 Å². The number of hydrogen-bond acceptors (Lipinski definition) is 5. The minimum absolute atomic E-state index is 0.0608. The summed E-state index contributed by atoms with van der Waals surface area (Å²) < 4.78 is 7.39. The van der Waals surface area contributed by atoms with Crippen molar-refractivity contribution in [2.45, 2.75) is 59.0 Å². The molecule has 200 valence electrons. The zero-order valence-electron chi connectivity index (χ0n) is 23.1. The third kappa shape index (κ3) is 6.63. The van der Waals surface area contributed by atoms with Gasteiger partial charge in [0.1, 0.15) is 18.2 Å². The van der Waals surface area contributed by atoms with Crippen LogP contribution < -0.4 is 10.3 Å². The van der Waals surface area contributed by atoms with E-state index in [2.05, 4.69) is 13.0 Å². The van der Waals surface area contributed by atoms with Crippen LogP contribution in [0.3, 0.4) is 0 Å². The number of nitriles is 1. The molecule has 0 saturated carbocycles. The Kier molecular flexibility index (Phi) is 8.63. The van der Waals surface area contributed by atoms with Crippen LogP contribution in [0.5, 0.6) is 5.75 Å². The number of rotatable bonds is 10. The maximum atomic E-state index is 14.0. The molecule has 6 heteroatoms. The van der Waals surface area contributed by atoms with Crippen LogP contribution in [0.4, 0.5) is 0 Å². The fraction of sp³-hybridized carbons (Fsp3) is 0.303. The highest BCUT2D eigenvalue weighted by Gasteiger charge is 2.18. The largest absolute Gasteiger partial charge is 0.491 e. The molecule has 0 atom stereocenters. The predicted molar refractivity (Wildman–Crippen MR) is 154 cm³/mol. The summed E-state index contributed by atoms with van der Waals surface area (Å²) in [5.41, 5.74) is 4.78. The third-order valence-electron chi connectivity index (χ3n) is 6.52. The van der Waals surface area contributed by atoms with Crippen molar-refractivity contribution in [3.05, 3.63) is 111 Å². The van der Waals surface area contributed by atoms with Crippen molar-refractivity contribution >= 4 is 0 Å². The minimum atomic E-state index is -0.934. The zero-order chi connectivity index (χ0) is 28.0. The maximum absolute atomic E-state index is 14.0. The first kappa shape index (κ1) is 27.8. The summed E-state index contributed by atoms with van der Waals surface area (Å²) in [5.74, 6) is 1.35. The van der Waals surface area contributed by atoms with E-state index < -0.39 is 5.60 Å². The molecule has 0 amide bonds. The topological polar surface area (TPSA) is 88.1 Å². The standard InChI is InChI=1S/C33H35N3O3/c1-5-9-30-29(20-23-12-14-24(15-13-23)28-11-8-7-10-25(28)21-34)32(37)36(31(6-2)35-30)26-16-18-27(19-17-26)39-22-33(3,4)38/h7-8,10-19,38H,5-6,9,20,22H2,1-4H3. The van der Waals surface area contributed by atoms with Gasteiger partial charge in [-0.15, -0.1) is 0 Å².